The molecule has 0 bridgehead atoms. The fourth-order valence-electron chi connectivity index (χ4n) is 1.26. The van der Waals surface area contributed by atoms with Crippen molar-refractivity contribution in [2.45, 2.75) is 25.0 Å². The molecule has 1 fully saturated rings. The number of hydrogen-bond acceptors (Lipinski definition) is 2. The predicted molar refractivity (Wildman–Crippen MR) is 40.6 cm³/mol. The number of carbonyl (C=O) groups is 1. The minimum absolute atomic E-state index is 0.0311. The standard InChI is InChI=1S/C8H11NO2/c1-4-8(11)5-6(2)9(3)7(8)10/h1,6,11H,5H2,2-3H3/t6-,8-/m1/s1. The zero-order valence-electron chi connectivity index (χ0n) is 6.66. The normalized spacial score (nSPS) is 37.5. The molecule has 1 N–H and O–H groups in total. The zero-order valence-corrected chi connectivity index (χ0v) is 6.66. The Labute approximate surface area is 66.0 Å². The van der Waals surface area contributed by atoms with Crippen LogP contribution in [0.5, 0.6) is 0 Å². The molecular weight excluding hydrogens is 142 g/mol. The molecule has 2 atom stereocenters. The maximum absolute atomic E-state index is 11.2. The molecule has 0 saturated carbocycles. The summed E-state index contributed by atoms with van der Waals surface area (Å²) in [6.07, 6.45) is 5.37. The second kappa shape index (κ2) is 2.24. The first-order valence-corrected chi connectivity index (χ1v) is 3.48. The fraction of sp³-hybridized carbons (Fsp3) is 0.625. The van der Waals surface area contributed by atoms with Crippen molar-refractivity contribution < 1.29 is 9.90 Å². The summed E-state index contributed by atoms with van der Waals surface area (Å²) >= 11 is 0. The van der Waals surface area contributed by atoms with Crippen molar-refractivity contribution >= 4 is 5.91 Å². The molecule has 1 aliphatic heterocycles. The quantitative estimate of drug-likeness (QED) is 0.481. The Kier molecular flexibility index (Phi) is 1.65. The number of likely N-dealkylation sites (N-methyl/N-ethyl adjacent to an activating group) is 1. The largest absolute Gasteiger partial charge is 0.369 e. The Bertz CT molecular complexity index is 231. The molecule has 0 radical (unpaired) electrons. The van der Waals surface area contributed by atoms with Gasteiger partial charge in [0.1, 0.15) is 0 Å². The van der Waals surface area contributed by atoms with Gasteiger partial charge >= 0.3 is 0 Å². The van der Waals surface area contributed by atoms with Crippen LogP contribution in [0.2, 0.25) is 0 Å². The first-order chi connectivity index (χ1) is 5.01. The summed E-state index contributed by atoms with van der Waals surface area (Å²) in [6.45, 7) is 1.85. The Balaban J connectivity index is 2.93. The first kappa shape index (κ1) is 8.09. The highest BCUT2D eigenvalue weighted by atomic mass is 16.3. The number of likely N-dealkylation sites (tertiary alicyclic amines) is 1. The number of carbonyl (C=O) groups excluding carboxylic acids is 1. The molecule has 0 unspecified atom stereocenters. The highest BCUT2D eigenvalue weighted by Crippen LogP contribution is 2.25. The van der Waals surface area contributed by atoms with E-state index < -0.39 is 5.60 Å². The number of hydrogen-bond donors (Lipinski definition) is 1. The Morgan fingerprint density at radius 3 is 2.64 bits per heavy atom. The topological polar surface area (TPSA) is 40.5 Å². The highest BCUT2D eigenvalue weighted by Gasteiger charge is 2.46. The maximum atomic E-state index is 11.2. The average Bonchev–Trinajstić information content (AvgIpc) is 2.17. The van der Waals surface area contributed by atoms with Gasteiger partial charge in [0.25, 0.3) is 5.91 Å². The summed E-state index contributed by atoms with van der Waals surface area (Å²) < 4.78 is 0. The molecule has 1 rings (SSSR count). The second-order valence-corrected chi connectivity index (χ2v) is 2.97. The lowest BCUT2D eigenvalue weighted by atomic mass is 10.0. The van der Waals surface area contributed by atoms with E-state index in [1.54, 1.807) is 7.05 Å². The van der Waals surface area contributed by atoms with E-state index in [0.29, 0.717) is 6.42 Å². The fourth-order valence-corrected chi connectivity index (χ4v) is 1.26. The summed E-state index contributed by atoms with van der Waals surface area (Å²) in [5.74, 6) is 1.75. The van der Waals surface area contributed by atoms with Crippen LogP contribution < -0.4 is 0 Å². The highest BCUT2D eigenvalue weighted by molar-refractivity contribution is 5.90. The molecule has 0 aliphatic carbocycles. The van der Waals surface area contributed by atoms with Gasteiger partial charge in [-0.3, -0.25) is 4.79 Å². The van der Waals surface area contributed by atoms with Crippen LogP contribution in [0.3, 0.4) is 0 Å². The van der Waals surface area contributed by atoms with Gasteiger partial charge in [-0.1, -0.05) is 5.92 Å². The number of rotatable bonds is 0. The van der Waals surface area contributed by atoms with Crippen LogP contribution in [-0.2, 0) is 4.79 Å². The molecule has 3 heteroatoms. The minimum Gasteiger partial charge on any atom is -0.369 e. The van der Waals surface area contributed by atoms with E-state index in [1.807, 2.05) is 6.92 Å². The van der Waals surface area contributed by atoms with Crippen LogP contribution >= 0.6 is 0 Å². The number of amides is 1. The molecule has 3 nitrogen and oxygen atoms in total. The monoisotopic (exact) mass is 153 g/mol. The van der Waals surface area contributed by atoms with E-state index in [1.165, 1.54) is 4.90 Å². The van der Waals surface area contributed by atoms with Gasteiger partial charge in [-0.2, -0.15) is 0 Å². The molecule has 60 valence electrons. The van der Waals surface area contributed by atoms with Gasteiger partial charge in [0, 0.05) is 19.5 Å². The summed E-state index contributed by atoms with van der Waals surface area (Å²) in [5.41, 5.74) is -1.55. The maximum Gasteiger partial charge on any atom is 0.267 e. The van der Waals surface area contributed by atoms with Crippen molar-refractivity contribution in [3.63, 3.8) is 0 Å². The molecule has 0 aromatic carbocycles. The van der Waals surface area contributed by atoms with E-state index in [4.69, 9.17) is 6.42 Å². The molecular formula is C8H11NO2. The average molecular weight is 153 g/mol. The molecule has 0 spiro atoms. The van der Waals surface area contributed by atoms with E-state index in [2.05, 4.69) is 5.92 Å². The summed E-state index contributed by atoms with van der Waals surface area (Å²) in [5, 5.41) is 9.48. The Morgan fingerprint density at radius 1 is 1.91 bits per heavy atom. The molecule has 0 aromatic heterocycles. The van der Waals surface area contributed by atoms with E-state index in [-0.39, 0.29) is 11.9 Å². The lowest BCUT2D eigenvalue weighted by Crippen LogP contribution is -2.37. The lowest BCUT2D eigenvalue weighted by Gasteiger charge is -2.14. The zero-order chi connectivity index (χ0) is 8.65. The van der Waals surface area contributed by atoms with Crippen molar-refractivity contribution in [1.82, 2.24) is 4.90 Å². The van der Waals surface area contributed by atoms with Crippen LogP contribution in [0.15, 0.2) is 0 Å². The number of aliphatic hydroxyl groups is 1. The van der Waals surface area contributed by atoms with Crippen molar-refractivity contribution in [2.24, 2.45) is 0 Å². The van der Waals surface area contributed by atoms with Gasteiger partial charge in [-0.15, -0.1) is 6.42 Å². The van der Waals surface area contributed by atoms with Crippen molar-refractivity contribution in [2.75, 3.05) is 7.05 Å². The molecule has 1 amide bonds. The van der Waals surface area contributed by atoms with Crippen molar-refractivity contribution in [3.8, 4) is 12.3 Å². The second-order valence-electron chi connectivity index (χ2n) is 2.97. The van der Waals surface area contributed by atoms with Gasteiger partial charge in [0.2, 0.25) is 5.60 Å². The third kappa shape index (κ3) is 0.997. The third-order valence-electron chi connectivity index (χ3n) is 2.16. The predicted octanol–water partition coefficient (Wildman–Crippen LogP) is -0.399. The van der Waals surface area contributed by atoms with Crippen molar-refractivity contribution in [3.05, 3.63) is 0 Å². The van der Waals surface area contributed by atoms with Gasteiger partial charge < -0.3 is 10.0 Å². The lowest BCUT2D eigenvalue weighted by molar-refractivity contribution is -0.138. The van der Waals surface area contributed by atoms with Crippen LogP contribution in [0.1, 0.15) is 13.3 Å². The van der Waals surface area contributed by atoms with E-state index in [0.717, 1.165) is 0 Å². The SMILES string of the molecule is C#C[C@@]1(O)C[C@@H](C)N(C)C1=O. The Morgan fingerprint density at radius 2 is 2.45 bits per heavy atom. The van der Waals surface area contributed by atoms with Crippen LogP contribution in [0.25, 0.3) is 0 Å². The molecule has 1 saturated heterocycles. The van der Waals surface area contributed by atoms with Crippen LogP contribution in [0, 0.1) is 12.3 Å². The van der Waals surface area contributed by atoms with E-state index in [9.17, 15) is 9.90 Å². The minimum atomic E-state index is -1.55. The van der Waals surface area contributed by atoms with Gasteiger partial charge in [-0.05, 0) is 6.92 Å². The summed E-state index contributed by atoms with van der Waals surface area (Å²) in [4.78, 5) is 12.7. The van der Waals surface area contributed by atoms with Crippen LogP contribution in [0.4, 0.5) is 0 Å². The van der Waals surface area contributed by atoms with E-state index >= 15 is 0 Å². The third-order valence-corrected chi connectivity index (χ3v) is 2.16. The molecule has 0 aromatic rings. The number of terminal acetylenes is 1. The van der Waals surface area contributed by atoms with Gasteiger partial charge in [0.15, 0.2) is 0 Å². The van der Waals surface area contributed by atoms with Crippen molar-refractivity contribution in [1.29, 1.82) is 0 Å². The van der Waals surface area contributed by atoms with Gasteiger partial charge in [-0.25, -0.2) is 0 Å². The summed E-state index contributed by atoms with van der Waals surface area (Å²) in [6, 6.07) is 0.0311. The molecule has 11 heavy (non-hydrogen) atoms. The van der Waals surface area contributed by atoms with Crippen LogP contribution in [-0.4, -0.2) is 34.6 Å². The smallest absolute Gasteiger partial charge is 0.267 e. The number of nitrogens with zero attached hydrogens (tertiary/aromatic N) is 1. The Hall–Kier alpha value is -1.01. The summed E-state index contributed by atoms with van der Waals surface area (Å²) in [7, 11) is 1.64. The first-order valence-electron chi connectivity index (χ1n) is 3.48. The molecule has 1 aliphatic rings. The van der Waals surface area contributed by atoms with Gasteiger partial charge in [0.05, 0.1) is 0 Å². The molecule has 1 heterocycles.